The average molecular weight is 215 g/mol. The van der Waals surface area contributed by atoms with Gasteiger partial charge in [0.15, 0.2) is 0 Å². The van der Waals surface area contributed by atoms with Crippen molar-refractivity contribution in [3.63, 3.8) is 0 Å². The van der Waals surface area contributed by atoms with E-state index in [-0.39, 0.29) is 0 Å². The second-order valence-electron chi connectivity index (χ2n) is 3.95. The molecule has 3 heteroatoms. The van der Waals surface area contributed by atoms with E-state index < -0.39 is 0 Å². The normalized spacial score (nSPS) is 12.4. The van der Waals surface area contributed by atoms with Gasteiger partial charge in [-0.1, -0.05) is 30.3 Å². The lowest BCUT2D eigenvalue weighted by Gasteiger charge is -2.16. The van der Waals surface area contributed by atoms with Crippen molar-refractivity contribution >= 4 is 5.95 Å². The molecule has 1 aromatic carbocycles. The third-order valence-corrected chi connectivity index (χ3v) is 2.74. The third kappa shape index (κ3) is 2.24. The number of rotatable bonds is 4. The summed E-state index contributed by atoms with van der Waals surface area (Å²) in [7, 11) is 1.90. The Morgan fingerprint density at radius 3 is 2.75 bits per heavy atom. The Kier molecular flexibility index (Phi) is 3.25. The van der Waals surface area contributed by atoms with Crippen molar-refractivity contribution in [1.29, 1.82) is 0 Å². The molecule has 0 aliphatic heterocycles. The topological polar surface area (TPSA) is 29.9 Å². The molecule has 1 unspecified atom stereocenters. The fraction of sp³-hybridized carbons (Fsp3) is 0.308. The van der Waals surface area contributed by atoms with Gasteiger partial charge in [0.05, 0.1) is 0 Å². The maximum absolute atomic E-state index is 4.25. The Bertz CT molecular complexity index is 433. The lowest BCUT2D eigenvalue weighted by atomic mass is 10.1. The Morgan fingerprint density at radius 2 is 2.06 bits per heavy atom. The number of aromatic nitrogens is 2. The van der Waals surface area contributed by atoms with Crippen LogP contribution in [-0.4, -0.2) is 16.6 Å². The summed E-state index contributed by atoms with van der Waals surface area (Å²) in [5, 5.41) is 3.09. The molecular weight excluding hydrogens is 198 g/mol. The van der Waals surface area contributed by atoms with Crippen molar-refractivity contribution in [3.8, 4) is 0 Å². The summed E-state index contributed by atoms with van der Waals surface area (Å²) in [6.45, 7) is 2.20. The van der Waals surface area contributed by atoms with Crippen molar-refractivity contribution in [3.05, 3.63) is 48.3 Å². The number of benzene rings is 1. The molecule has 2 aromatic rings. The molecule has 0 aliphatic rings. The van der Waals surface area contributed by atoms with Gasteiger partial charge in [0.2, 0.25) is 5.95 Å². The number of hydrogen-bond donors (Lipinski definition) is 1. The molecule has 1 aromatic heterocycles. The Balaban J connectivity index is 2.11. The maximum Gasteiger partial charge on any atom is 0.202 e. The molecule has 16 heavy (non-hydrogen) atoms. The Morgan fingerprint density at radius 1 is 1.31 bits per heavy atom. The van der Waals surface area contributed by atoms with Gasteiger partial charge in [-0.2, -0.15) is 0 Å². The van der Waals surface area contributed by atoms with E-state index in [2.05, 4.69) is 46.1 Å². The number of anilines is 1. The first-order chi connectivity index (χ1) is 7.81. The lowest BCUT2D eigenvalue weighted by Crippen LogP contribution is -2.10. The summed E-state index contributed by atoms with van der Waals surface area (Å²) in [6, 6.07) is 10.9. The van der Waals surface area contributed by atoms with Crippen molar-refractivity contribution in [1.82, 2.24) is 9.55 Å². The minimum atomic E-state index is 0.410. The summed E-state index contributed by atoms with van der Waals surface area (Å²) < 4.78 is 2.16. The van der Waals surface area contributed by atoms with E-state index in [1.54, 1.807) is 0 Å². The highest BCUT2D eigenvalue weighted by Gasteiger charge is 2.09. The van der Waals surface area contributed by atoms with E-state index in [9.17, 15) is 0 Å². The van der Waals surface area contributed by atoms with Gasteiger partial charge in [-0.25, -0.2) is 4.98 Å². The van der Waals surface area contributed by atoms with Crippen LogP contribution in [0.25, 0.3) is 0 Å². The highest BCUT2D eigenvalue weighted by Crippen LogP contribution is 2.17. The predicted octanol–water partition coefficient (Wildman–Crippen LogP) is 2.73. The SMILES string of the molecule is CNc1nccn1C(C)Cc1ccccc1. The summed E-state index contributed by atoms with van der Waals surface area (Å²) in [5.41, 5.74) is 1.35. The van der Waals surface area contributed by atoms with Gasteiger partial charge in [0.1, 0.15) is 0 Å². The quantitative estimate of drug-likeness (QED) is 0.849. The third-order valence-electron chi connectivity index (χ3n) is 2.74. The summed E-state index contributed by atoms with van der Waals surface area (Å²) in [5.74, 6) is 0.920. The second kappa shape index (κ2) is 4.84. The zero-order valence-electron chi connectivity index (χ0n) is 9.72. The molecular formula is C13H17N3. The smallest absolute Gasteiger partial charge is 0.202 e. The summed E-state index contributed by atoms with van der Waals surface area (Å²) in [6.07, 6.45) is 4.86. The van der Waals surface area contributed by atoms with E-state index in [4.69, 9.17) is 0 Å². The first-order valence-electron chi connectivity index (χ1n) is 5.55. The number of nitrogens with zero attached hydrogens (tertiary/aromatic N) is 2. The monoisotopic (exact) mass is 215 g/mol. The molecule has 2 rings (SSSR count). The average Bonchev–Trinajstić information content (AvgIpc) is 2.78. The van der Waals surface area contributed by atoms with Crippen molar-refractivity contribution in [2.24, 2.45) is 0 Å². The van der Waals surface area contributed by atoms with E-state index in [1.807, 2.05) is 25.5 Å². The summed E-state index contributed by atoms with van der Waals surface area (Å²) in [4.78, 5) is 4.25. The zero-order valence-corrected chi connectivity index (χ0v) is 9.72. The fourth-order valence-corrected chi connectivity index (χ4v) is 1.92. The van der Waals surface area contributed by atoms with Gasteiger partial charge in [-0.3, -0.25) is 0 Å². The van der Waals surface area contributed by atoms with Crippen LogP contribution in [0.4, 0.5) is 5.95 Å². The maximum atomic E-state index is 4.25. The molecule has 0 fully saturated rings. The Labute approximate surface area is 96.1 Å². The van der Waals surface area contributed by atoms with Crippen LogP contribution in [0.1, 0.15) is 18.5 Å². The standard InChI is InChI=1S/C13H17N3/c1-11(10-12-6-4-3-5-7-12)16-9-8-15-13(16)14-2/h3-9,11H,10H2,1-2H3,(H,14,15). The minimum absolute atomic E-state index is 0.410. The van der Waals surface area contributed by atoms with E-state index >= 15 is 0 Å². The van der Waals surface area contributed by atoms with Crippen molar-refractivity contribution in [2.45, 2.75) is 19.4 Å². The number of imidazole rings is 1. The highest BCUT2D eigenvalue weighted by molar-refractivity contribution is 5.26. The molecule has 1 N–H and O–H groups in total. The first kappa shape index (κ1) is 10.7. The van der Waals surface area contributed by atoms with Crippen LogP contribution >= 0.6 is 0 Å². The van der Waals surface area contributed by atoms with Crippen LogP contribution < -0.4 is 5.32 Å². The van der Waals surface area contributed by atoms with Gasteiger partial charge in [-0.05, 0) is 18.9 Å². The van der Waals surface area contributed by atoms with Gasteiger partial charge < -0.3 is 9.88 Å². The van der Waals surface area contributed by atoms with Crippen LogP contribution in [0.15, 0.2) is 42.7 Å². The molecule has 1 atom stereocenters. The van der Waals surface area contributed by atoms with Gasteiger partial charge in [0, 0.05) is 25.5 Å². The van der Waals surface area contributed by atoms with E-state index in [0.717, 1.165) is 12.4 Å². The van der Waals surface area contributed by atoms with Crippen LogP contribution in [0.5, 0.6) is 0 Å². The zero-order chi connectivity index (χ0) is 11.4. The van der Waals surface area contributed by atoms with Crippen LogP contribution in [0.2, 0.25) is 0 Å². The first-order valence-corrected chi connectivity index (χ1v) is 5.55. The molecule has 0 saturated heterocycles. The second-order valence-corrected chi connectivity index (χ2v) is 3.95. The Hall–Kier alpha value is -1.77. The number of hydrogen-bond acceptors (Lipinski definition) is 2. The van der Waals surface area contributed by atoms with Crippen LogP contribution in [0, 0.1) is 0 Å². The molecule has 0 radical (unpaired) electrons. The van der Waals surface area contributed by atoms with Crippen LogP contribution in [-0.2, 0) is 6.42 Å². The molecule has 0 aliphatic carbocycles. The predicted molar refractivity (Wildman–Crippen MR) is 66.6 cm³/mol. The van der Waals surface area contributed by atoms with E-state index in [1.165, 1.54) is 5.56 Å². The van der Waals surface area contributed by atoms with Crippen molar-refractivity contribution < 1.29 is 0 Å². The van der Waals surface area contributed by atoms with Gasteiger partial charge in [-0.15, -0.1) is 0 Å². The molecule has 1 heterocycles. The van der Waals surface area contributed by atoms with Gasteiger partial charge >= 0.3 is 0 Å². The molecule has 0 amide bonds. The molecule has 0 bridgehead atoms. The lowest BCUT2D eigenvalue weighted by molar-refractivity contribution is 0.550. The van der Waals surface area contributed by atoms with Gasteiger partial charge in [0.25, 0.3) is 0 Å². The molecule has 0 spiro atoms. The fourth-order valence-electron chi connectivity index (χ4n) is 1.92. The van der Waals surface area contributed by atoms with Crippen molar-refractivity contribution in [2.75, 3.05) is 12.4 Å². The summed E-state index contributed by atoms with van der Waals surface area (Å²) >= 11 is 0. The molecule has 3 nitrogen and oxygen atoms in total. The minimum Gasteiger partial charge on any atom is -0.359 e. The van der Waals surface area contributed by atoms with E-state index in [0.29, 0.717) is 6.04 Å². The highest BCUT2D eigenvalue weighted by atomic mass is 15.2. The molecule has 84 valence electrons. The molecule has 0 saturated carbocycles. The largest absolute Gasteiger partial charge is 0.359 e. The van der Waals surface area contributed by atoms with Crippen LogP contribution in [0.3, 0.4) is 0 Å². The number of nitrogens with one attached hydrogen (secondary N) is 1.